The average Bonchev–Trinajstić information content (AvgIpc) is 2.83. The van der Waals surface area contributed by atoms with Crippen molar-refractivity contribution in [3.8, 4) is 11.5 Å². The van der Waals surface area contributed by atoms with Gasteiger partial charge in [-0.1, -0.05) is 41.9 Å². The van der Waals surface area contributed by atoms with Crippen LogP contribution in [0.5, 0.6) is 11.5 Å². The van der Waals surface area contributed by atoms with Crippen molar-refractivity contribution in [2.24, 2.45) is 0 Å². The molecule has 0 aliphatic rings. The lowest BCUT2D eigenvalue weighted by atomic mass is 10.1. The van der Waals surface area contributed by atoms with Crippen molar-refractivity contribution in [1.82, 2.24) is 5.32 Å². The van der Waals surface area contributed by atoms with Crippen molar-refractivity contribution in [3.05, 3.63) is 83.4 Å². The number of nitrogens with zero attached hydrogens (tertiary/aromatic N) is 1. The average molecular weight is 489 g/mol. The van der Waals surface area contributed by atoms with Gasteiger partial charge in [-0.15, -0.1) is 0 Å². The van der Waals surface area contributed by atoms with Crippen molar-refractivity contribution < 1.29 is 22.7 Å². The minimum atomic E-state index is -4.04. The molecule has 1 N–H and O–H groups in total. The molecule has 174 valence electrons. The van der Waals surface area contributed by atoms with Crippen molar-refractivity contribution in [2.45, 2.75) is 17.9 Å². The summed E-state index contributed by atoms with van der Waals surface area (Å²) in [6.45, 7) is 1.39. The molecule has 1 amide bonds. The quantitative estimate of drug-likeness (QED) is 0.481. The zero-order valence-electron chi connectivity index (χ0n) is 18.5. The highest BCUT2D eigenvalue weighted by molar-refractivity contribution is 7.92. The number of ether oxygens (including phenoxy) is 2. The van der Waals surface area contributed by atoms with Crippen LogP contribution in [0.2, 0.25) is 5.02 Å². The number of rotatable bonds is 9. The Kier molecular flexibility index (Phi) is 7.84. The van der Waals surface area contributed by atoms with Crippen LogP contribution in [0.4, 0.5) is 5.69 Å². The maximum atomic E-state index is 13.4. The molecule has 0 fully saturated rings. The second-order valence-electron chi connectivity index (χ2n) is 7.21. The van der Waals surface area contributed by atoms with E-state index in [-0.39, 0.29) is 21.6 Å². The Morgan fingerprint density at radius 3 is 2.24 bits per heavy atom. The van der Waals surface area contributed by atoms with Crippen molar-refractivity contribution >= 4 is 33.2 Å². The predicted octanol–water partition coefficient (Wildman–Crippen LogP) is 4.43. The van der Waals surface area contributed by atoms with E-state index in [1.165, 1.54) is 25.3 Å². The molecule has 0 aliphatic carbocycles. The van der Waals surface area contributed by atoms with Crippen molar-refractivity contribution in [3.63, 3.8) is 0 Å². The van der Waals surface area contributed by atoms with E-state index in [4.69, 9.17) is 21.1 Å². The minimum Gasteiger partial charge on any atom is -0.497 e. The summed E-state index contributed by atoms with van der Waals surface area (Å²) in [5, 5.41) is 3.08. The van der Waals surface area contributed by atoms with Crippen molar-refractivity contribution in [2.75, 3.05) is 25.1 Å². The Hall–Kier alpha value is -3.23. The maximum absolute atomic E-state index is 13.4. The van der Waals surface area contributed by atoms with Gasteiger partial charge in [-0.2, -0.15) is 0 Å². The molecule has 1 unspecified atom stereocenters. The van der Waals surface area contributed by atoms with E-state index in [0.717, 1.165) is 9.87 Å². The molecule has 3 aromatic rings. The van der Waals surface area contributed by atoms with Crippen molar-refractivity contribution in [1.29, 1.82) is 0 Å². The minimum absolute atomic E-state index is 0.0629. The van der Waals surface area contributed by atoms with E-state index in [1.54, 1.807) is 49.6 Å². The van der Waals surface area contributed by atoms with Crippen LogP contribution in [0.15, 0.2) is 77.7 Å². The second-order valence-corrected chi connectivity index (χ2v) is 9.48. The Balaban J connectivity index is 1.89. The molecule has 1 atom stereocenters. The van der Waals surface area contributed by atoms with Gasteiger partial charge in [0.15, 0.2) is 0 Å². The molecule has 0 saturated heterocycles. The number of nitrogens with one attached hydrogen (secondary N) is 1. The summed E-state index contributed by atoms with van der Waals surface area (Å²) in [5.74, 6) is 0.633. The van der Waals surface area contributed by atoms with Gasteiger partial charge in [-0.05, 0) is 55.0 Å². The van der Waals surface area contributed by atoms with Crippen LogP contribution in [0, 0.1) is 0 Å². The molecular formula is C24H25ClN2O5S. The number of halogens is 1. The fourth-order valence-electron chi connectivity index (χ4n) is 3.24. The van der Waals surface area contributed by atoms with Crippen LogP contribution < -0.4 is 19.1 Å². The van der Waals surface area contributed by atoms with Gasteiger partial charge >= 0.3 is 0 Å². The van der Waals surface area contributed by atoms with E-state index < -0.39 is 22.5 Å². The van der Waals surface area contributed by atoms with Crippen LogP contribution >= 0.6 is 11.6 Å². The Morgan fingerprint density at radius 2 is 1.67 bits per heavy atom. The molecule has 0 aliphatic heterocycles. The SMILES string of the molecule is COc1ccc(C(C)NC(=O)CN(c2ccc(OC)c(Cl)c2)S(=O)(=O)c2ccccc2)cc1. The molecule has 0 spiro atoms. The summed E-state index contributed by atoms with van der Waals surface area (Å²) in [4.78, 5) is 13.0. The molecule has 0 saturated carbocycles. The van der Waals surface area contributed by atoms with E-state index >= 15 is 0 Å². The number of sulfonamides is 1. The summed E-state index contributed by atoms with van der Waals surface area (Å²) in [6, 6.07) is 19.4. The monoisotopic (exact) mass is 488 g/mol. The molecule has 3 rings (SSSR count). The first kappa shape index (κ1) is 24.4. The Bertz CT molecular complexity index is 1200. The number of methoxy groups -OCH3 is 2. The van der Waals surface area contributed by atoms with Gasteiger partial charge in [0.2, 0.25) is 5.91 Å². The topological polar surface area (TPSA) is 84.9 Å². The van der Waals surface area contributed by atoms with E-state index in [2.05, 4.69) is 5.32 Å². The van der Waals surface area contributed by atoms with Crippen LogP contribution in [0.1, 0.15) is 18.5 Å². The lowest BCUT2D eigenvalue weighted by Gasteiger charge is -2.25. The molecule has 0 radical (unpaired) electrons. The molecule has 0 bridgehead atoms. The van der Waals surface area contributed by atoms with Gasteiger partial charge in [0.1, 0.15) is 18.0 Å². The summed E-state index contributed by atoms with van der Waals surface area (Å²) >= 11 is 6.24. The number of carbonyl (C=O) groups is 1. The van der Waals surface area contributed by atoms with E-state index in [0.29, 0.717) is 11.5 Å². The van der Waals surface area contributed by atoms with Crippen LogP contribution in [-0.2, 0) is 14.8 Å². The van der Waals surface area contributed by atoms with Gasteiger partial charge < -0.3 is 14.8 Å². The van der Waals surface area contributed by atoms with Gasteiger partial charge in [-0.25, -0.2) is 8.42 Å². The fourth-order valence-corrected chi connectivity index (χ4v) is 4.92. The summed E-state index contributed by atoms with van der Waals surface area (Å²) in [7, 11) is -0.996. The number of hydrogen-bond donors (Lipinski definition) is 1. The number of hydrogen-bond acceptors (Lipinski definition) is 5. The normalized spacial score (nSPS) is 12.0. The molecule has 0 aromatic heterocycles. The number of anilines is 1. The highest BCUT2D eigenvalue weighted by Gasteiger charge is 2.28. The second kappa shape index (κ2) is 10.6. The van der Waals surface area contributed by atoms with Gasteiger partial charge in [0, 0.05) is 0 Å². The largest absolute Gasteiger partial charge is 0.497 e. The maximum Gasteiger partial charge on any atom is 0.264 e. The molecule has 3 aromatic carbocycles. The third-order valence-corrected chi connectivity index (χ3v) is 7.12. The number of amides is 1. The lowest BCUT2D eigenvalue weighted by Crippen LogP contribution is -2.41. The van der Waals surface area contributed by atoms with Crippen LogP contribution in [0.3, 0.4) is 0 Å². The zero-order chi connectivity index (χ0) is 24.0. The summed E-state index contributed by atoms with van der Waals surface area (Å²) < 4.78 is 38.2. The number of carbonyl (C=O) groups excluding carboxylic acids is 1. The first-order valence-electron chi connectivity index (χ1n) is 10.1. The first-order valence-corrected chi connectivity index (χ1v) is 11.9. The van der Waals surface area contributed by atoms with Gasteiger partial charge in [0.25, 0.3) is 10.0 Å². The first-order chi connectivity index (χ1) is 15.8. The predicted molar refractivity (Wildman–Crippen MR) is 129 cm³/mol. The van der Waals surface area contributed by atoms with E-state index in [1.807, 2.05) is 19.1 Å². The third-order valence-electron chi connectivity index (χ3n) is 5.04. The third kappa shape index (κ3) is 5.77. The van der Waals surface area contributed by atoms with E-state index in [9.17, 15) is 13.2 Å². The standard InChI is InChI=1S/C24H25ClN2O5S/c1-17(18-9-12-20(31-2)13-10-18)26-24(28)16-27(19-11-14-23(32-3)22(25)15-19)33(29,30)21-7-5-4-6-8-21/h4-15,17H,16H2,1-3H3,(H,26,28). The fraction of sp³-hybridized carbons (Fsp3) is 0.208. The highest BCUT2D eigenvalue weighted by Crippen LogP contribution is 2.32. The smallest absolute Gasteiger partial charge is 0.264 e. The van der Waals surface area contributed by atoms with Gasteiger partial charge in [0.05, 0.1) is 35.9 Å². The molecule has 33 heavy (non-hydrogen) atoms. The molecule has 7 nitrogen and oxygen atoms in total. The molecule has 0 heterocycles. The molecule has 9 heteroatoms. The zero-order valence-corrected chi connectivity index (χ0v) is 20.1. The summed E-state index contributed by atoms with van der Waals surface area (Å²) in [5.41, 5.74) is 1.10. The number of benzene rings is 3. The lowest BCUT2D eigenvalue weighted by molar-refractivity contribution is -0.120. The highest BCUT2D eigenvalue weighted by atomic mass is 35.5. The summed E-state index contributed by atoms with van der Waals surface area (Å²) in [6.07, 6.45) is 0. The molecular weight excluding hydrogens is 464 g/mol. The van der Waals surface area contributed by atoms with Crippen LogP contribution in [0.25, 0.3) is 0 Å². The van der Waals surface area contributed by atoms with Crippen LogP contribution in [-0.4, -0.2) is 35.1 Å². The van der Waals surface area contributed by atoms with Gasteiger partial charge in [-0.3, -0.25) is 9.10 Å². The Morgan fingerprint density at radius 1 is 1.00 bits per heavy atom. The Labute approximate surface area is 198 Å².